The predicted octanol–water partition coefficient (Wildman–Crippen LogP) is 2.44. The van der Waals surface area contributed by atoms with E-state index in [-0.39, 0.29) is 30.0 Å². The standard InChI is InChI=1S/C19H22N4O4/c1-19(2,3)18-21-15(27-22-18)8-6-9-17(25)26-12-13-11-16(24)23-10-5-4-7-14(23)20-13/h4-5,7,10-11H,6,8-9,12H2,1-3H3. The van der Waals surface area contributed by atoms with Crippen LogP contribution >= 0.6 is 0 Å². The minimum absolute atomic E-state index is 0.0335. The van der Waals surface area contributed by atoms with Crippen molar-refractivity contribution in [1.82, 2.24) is 19.5 Å². The molecule has 0 aliphatic carbocycles. The second kappa shape index (κ2) is 7.69. The van der Waals surface area contributed by atoms with Gasteiger partial charge in [0.1, 0.15) is 12.3 Å². The molecule has 0 saturated heterocycles. The van der Waals surface area contributed by atoms with Gasteiger partial charge in [-0.15, -0.1) is 0 Å². The summed E-state index contributed by atoms with van der Waals surface area (Å²) < 4.78 is 11.8. The molecule has 3 aromatic heterocycles. The summed E-state index contributed by atoms with van der Waals surface area (Å²) in [7, 11) is 0. The molecule has 0 atom stereocenters. The number of rotatable bonds is 6. The summed E-state index contributed by atoms with van der Waals surface area (Å²) in [5, 5.41) is 3.95. The molecule has 0 unspecified atom stereocenters. The molecule has 3 heterocycles. The Hall–Kier alpha value is -3.03. The Morgan fingerprint density at radius 2 is 2.07 bits per heavy atom. The van der Waals surface area contributed by atoms with E-state index in [1.165, 1.54) is 10.5 Å². The van der Waals surface area contributed by atoms with Gasteiger partial charge in [0.15, 0.2) is 5.82 Å². The molecule has 0 aliphatic heterocycles. The Kier molecular flexibility index (Phi) is 5.34. The fourth-order valence-electron chi connectivity index (χ4n) is 2.45. The van der Waals surface area contributed by atoms with Gasteiger partial charge in [0.25, 0.3) is 5.56 Å². The highest BCUT2D eigenvalue weighted by atomic mass is 16.5. The lowest BCUT2D eigenvalue weighted by atomic mass is 9.96. The SMILES string of the molecule is CC(C)(C)c1noc(CCCC(=O)OCc2cc(=O)n3ccccc3n2)n1. The van der Waals surface area contributed by atoms with Crippen LogP contribution in [0.25, 0.3) is 5.65 Å². The van der Waals surface area contributed by atoms with Crippen LogP contribution in [0.4, 0.5) is 0 Å². The maximum atomic E-state index is 12.0. The summed E-state index contributed by atoms with van der Waals surface area (Å²) in [5.74, 6) is 0.798. The fraction of sp³-hybridized carbons (Fsp3) is 0.421. The Balaban J connectivity index is 1.49. The minimum atomic E-state index is -0.361. The van der Waals surface area contributed by atoms with E-state index in [0.29, 0.717) is 35.9 Å². The predicted molar refractivity (Wildman–Crippen MR) is 97.2 cm³/mol. The number of nitrogens with zero attached hydrogens (tertiary/aromatic N) is 4. The molecule has 142 valence electrons. The van der Waals surface area contributed by atoms with Crippen molar-refractivity contribution in [2.45, 2.75) is 52.1 Å². The lowest BCUT2D eigenvalue weighted by molar-refractivity contribution is -0.145. The molecule has 0 bridgehead atoms. The zero-order valence-electron chi connectivity index (χ0n) is 15.6. The minimum Gasteiger partial charge on any atom is -0.459 e. The monoisotopic (exact) mass is 370 g/mol. The van der Waals surface area contributed by atoms with Gasteiger partial charge in [-0.2, -0.15) is 4.98 Å². The summed E-state index contributed by atoms with van der Waals surface area (Å²) >= 11 is 0. The van der Waals surface area contributed by atoms with Crippen molar-refractivity contribution in [2.75, 3.05) is 0 Å². The highest BCUT2D eigenvalue weighted by molar-refractivity contribution is 5.69. The first kappa shape index (κ1) is 18.8. The van der Waals surface area contributed by atoms with E-state index < -0.39 is 0 Å². The molecular formula is C19H22N4O4. The van der Waals surface area contributed by atoms with Gasteiger partial charge in [-0.25, -0.2) is 4.98 Å². The van der Waals surface area contributed by atoms with Crippen LogP contribution in [0.3, 0.4) is 0 Å². The van der Waals surface area contributed by atoms with Crippen molar-refractivity contribution >= 4 is 11.6 Å². The number of carbonyl (C=O) groups excluding carboxylic acids is 1. The maximum absolute atomic E-state index is 12.0. The number of aryl methyl sites for hydroxylation is 1. The fourth-order valence-corrected chi connectivity index (χ4v) is 2.45. The third-order valence-corrected chi connectivity index (χ3v) is 3.92. The van der Waals surface area contributed by atoms with Crippen LogP contribution in [0.1, 0.15) is 51.0 Å². The van der Waals surface area contributed by atoms with E-state index in [1.807, 2.05) is 20.8 Å². The number of pyridine rings is 1. The van der Waals surface area contributed by atoms with Gasteiger partial charge in [-0.1, -0.05) is 32.0 Å². The number of fused-ring (bicyclic) bond motifs is 1. The van der Waals surface area contributed by atoms with Crippen molar-refractivity contribution in [3.63, 3.8) is 0 Å². The highest BCUT2D eigenvalue weighted by Gasteiger charge is 2.20. The Morgan fingerprint density at radius 3 is 2.81 bits per heavy atom. The smallest absolute Gasteiger partial charge is 0.306 e. The second-order valence-corrected chi connectivity index (χ2v) is 7.29. The number of hydrogen-bond donors (Lipinski definition) is 0. The largest absolute Gasteiger partial charge is 0.459 e. The number of ether oxygens (including phenoxy) is 1. The normalized spacial score (nSPS) is 11.7. The van der Waals surface area contributed by atoms with Gasteiger partial charge < -0.3 is 9.26 Å². The van der Waals surface area contributed by atoms with Gasteiger partial charge in [-0.3, -0.25) is 14.0 Å². The Labute approximate surface area is 156 Å². The van der Waals surface area contributed by atoms with E-state index in [2.05, 4.69) is 15.1 Å². The molecule has 0 amide bonds. The molecule has 3 aromatic rings. The van der Waals surface area contributed by atoms with E-state index in [4.69, 9.17) is 9.26 Å². The van der Waals surface area contributed by atoms with Crippen molar-refractivity contribution in [1.29, 1.82) is 0 Å². The van der Waals surface area contributed by atoms with Crippen LogP contribution in [0.5, 0.6) is 0 Å². The summed E-state index contributed by atoms with van der Waals surface area (Å²) in [6.45, 7) is 5.98. The lowest BCUT2D eigenvalue weighted by Crippen LogP contribution is -2.16. The molecule has 0 aromatic carbocycles. The Morgan fingerprint density at radius 1 is 1.26 bits per heavy atom. The molecule has 3 rings (SSSR count). The maximum Gasteiger partial charge on any atom is 0.306 e. The molecule has 0 saturated carbocycles. The average Bonchev–Trinajstić information content (AvgIpc) is 3.09. The van der Waals surface area contributed by atoms with Gasteiger partial charge in [0.2, 0.25) is 5.89 Å². The third kappa shape index (κ3) is 4.78. The van der Waals surface area contributed by atoms with Crippen LogP contribution in [0.2, 0.25) is 0 Å². The van der Waals surface area contributed by atoms with Crippen LogP contribution in [0, 0.1) is 0 Å². The first-order valence-corrected chi connectivity index (χ1v) is 8.79. The zero-order valence-corrected chi connectivity index (χ0v) is 15.6. The van der Waals surface area contributed by atoms with E-state index >= 15 is 0 Å². The van der Waals surface area contributed by atoms with Gasteiger partial charge in [0, 0.05) is 30.5 Å². The molecule has 0 spiro atoms. The molecular weight excluding hydrogens is 348 g/mol. The molecule has 0 aliphatic rings. The molecule has 27 heavy (non-hydrogen) atoms. The average molecular weight is 370 g/mol. The van der Waals surface area contributed by atoms with Crippen LogP contribution in [-0.4, -0.2) is 25.5 Å². The number of esters is 1. The van der Waals surface area contributed by atoms with Crippen molar-refractivity contribution in [2.24, 2.45) is 0 Å². The summed E-state index contributed by atoms with van der Waals surface area (Å²) in [4.78, 5) is 32.6. The molecule has 0 fully saturated rings. The number of carbonyl (C=O) groups is 1. The van der Waals surface area contributed by atoms with E-state index in [1.54, 1.807) is 24.4 Å². The summed E-state index contributed by atoms with van der Waals surface area (Å²) in [6, 6.07) is 6.64. The van der Waals surface area contributed by atoms with Crippen LogP contribution in [-0.2, 0) is 28.0 Å². The molecule has 8 heteroatoms. The highest BCUT2D eigenvalue weighted by Crippen LogP contribution is 2.19. The number of aromatic nitrogens is 4. The molecule has 0 N–H and O–H groups in total. The van der Waals surface area contributed by atoms with E-state index in [0.717, 1.165) is 0 Å². The summed E-state index contributed by atoms with van der Waals surface area (Å²) in [6.07, 6.45) is 2.91. The van der Waals surface area contributed by atoms with E-state index in [9.17, 15) is 9.59 Å². The topological polar surface area (TPSA) is 99.6 Å². The molecule has 8 nitrogen and oxygen atoms in total. The van der Waals surface area contributed by atoms with Crippen molar-refractivity contribution in [3.05, 3.63) is 58.2 Å². The van der Waals surface area contributed by atoms with Gasteiger partial charge in [0.05, 0.1) is 5.69 Å². The summed E-state index contributed by atoms with van der Waals surface area (Å²) in [5.41, 5.74) is 0.553. The Bertz CT molecular complexity index is 1000. The quantitative estimate of drug-likeness (QED) is 0.614. The van der Waals surface area contributed by atoms with Crippen molar-refractivity contribution in [3.8, 4) is 0 Å². The first-order valence-electron chi connectivity index (χ1n) is 8.79. The van der Waals surface area contributed by atoms with Crippen LogP contribution in [0.15, 0.2) is 39.8 Å². The van der Waals surface area contributed by atoms with Gasteiger partial charge >= 0.3 is 5.97 Å². The second-order valence-electron chi connectivity index (χ2n) is 7.29. The number of hydrogen-bond acceptors (Lipinski definition) is 7. The lowest BCUT2D eigenvalue weighted by Gasteiger charge is -2.10. The van der Waals surface area contributed by atoms with Crippen molar-refractivity contribution < 1.29 is 14.1 Å². The first-order chi connectivity index (χ1) is 12.8. The molecule has 0 radical (unpaired) electrons. The third-order valence-electron chi connectivity index (χ3n) is 3.92. The zero-order chi connectivity index (χ0) is 19.4. The van der Waals surface area contributed by atoms with Gasteiger partial charge in [-0.05, 0) is 18.6 Å². The van der Waals surface area contributed by atoms with Crippen LogP contribution < -0.4 is 5.56 Å².